The number of aromatic nitrogens is 1. The maximum Gasteiger partial charge on any atom is 0.339 e. The van der Waals surface area contributed by atoms with Crippen LogP contribution >= 0.6 is 0 Å². The Labute approximate surface area is 115 Å². The van der Waals surface area contributed by atoms with Gasteiger partial charge < -0.3 is 14.8 Å². The molecular formula is C14H15FN2O3. The summed E-state index contributed by atoms with van der Waals surface area (Å²) in [6.07, 6.45) is 4.07. The molecule has 0 saturated heterocycles. The molecule has 0 aliphatic carbocycles. The molecule has 0 aliphatic rings. The summed E-state index contributed by atoms with van der Waals surface area (Å²) in [5.74, 6) is -0.844. The fourth-order valence-electron chi connectivity index (χ4n) is 1.84. The second kappa shape index (κ2) is 6.18. The Hall–Kier alpha value is -2.37. The van der Waals surface area contributed by atoms with Gasteiger partial charge in [0.15, 0.2) is 0 Å². The molecule has 2 N–H and O–H groups in total. The lowest BCUT2D eigenvalue weighted by Gasteiger charge is -2.15. The maximum atomic E-state index is 13.0. The molecule has 2 rings (SSSR count). The fraction of sp³-hybridized carbons (Fsp3) is 0.286. The minimum atomic E-state index is -1.21. The number of anilines is 1. The van der Waals surface area contributed by atoms with Crippen molar-refractivity contribution in [3.05, 3.63) is 47.8 Å². The molecule has 2 aromatic rings. The number of carboxylic acids is 1. The highest BCUT2D eigenvalue weighted by Gasteiger charge is 2.15. The summed E-state index contributed by atoms with van der Waals surface area (Å²) in [6.45, 7) is 1.90. The number of rotatable bonds is 6. The van der Waals surface area contributed by atoms with Crippen molar-refractivity contribution < 1.29 is 18.7 Å². The lowest BCUT2D eigenvalue weighted by Crippen LogP contribution is -2.19. The van der Waals surface area contributed by atoms with Crippen molar-refractivity contribution in [3.63, 3.8) is 0 Å². The number of nitrogens with zero attached hydrogens (tertiary/aromatic N) is 1. The van der Waals surface area contributed by atoms with Crippen LogP contribution in [0.1, 0.15) is 29.5 Å². The van der Waals surface area contributed by atoms with Gasteiger partial charge >= 0.3 is 5.97 Å². The van der Waals surface area contributed by atoms with Crippen molar-refractivity contribution in [2.45, 2.75) is 25.8 Å². The predicted molar refractivity (Wildman–Crippen MR) is 71.3 cm³/mol. The van der Waals surface area contributed by atoms with E-state index in [1.54, 1.807) is 6.26 Å². The first-order valence-corrected chi connectivity index (χ1v) is 6.24. The van der Waals surface area contributed by atoms with Gasteiger partial charge in [-0.25, -0.2) is 14.2 Å². The number of pyridine rings is 1. The predicted octanol–water partition coefficient (Wildman–Crippen LogP) is 2.95. The molecule has 106 valence electrons. The van der Waals surface area contributed by atoms with Crippen LogP contribution in [-0.4, -0.2) is 22.1 Å². The lowest BCUT2D eigenvalue weighted by atomic mass is 10.1. The standard InChI is InChI=1S/C14H15FN2O3/c1-9(4-5-11-3-2-6-20-11)17-13-12(14(18)19)7-10(15)8-16-13/h2-3,6-9H,4-5H2,1H3,(H,16,17)(H,18,19). The van der Waals surface area contributed by atoms with Crippen LogP contribution in [0.4, 0.5) is 10.2 Å². The van der Waals surface area contributed by atoms with E-state index in [9.17, 15) is 9.18 Å². The van der Waals surface area contributed by atoms with Crippen molar-refractivity contribution in [2.75, 3.05) is 5.32 Å². The fourth-order valence-corrected chi connectivity index (χ4v) is 1.84. The molecule has 0 amide bonds. The molecule has 0 saturated carbocycles. The zero-order valence-corrected chi connectivity index (χ0v) is 11.0. The highest BCUT2D eigenvalue weighted by Crippen LogP contribution is 2.16. The minimum Gasteiger partial charge on any atom is -0.478 e. The van der Waals surface area contributed by atoms with Gasteiger partial charge in [-0.2, -0.15) is 0 Å². The number of nitrogens with one attached hydrogen (secondary N) is 1. The first-order valence-electron chi connectivity index (χ1n) is 6.24. The van der Waals surface area contributed by atoms with Crippen molar-refractivity contribution in [1.29, 1.82) is 0 Å². The molecule has 0 aromatic carbocycles. The van der Waals surface area contributed by atoms with Gasteiger partial charge in [0.25, 0.3) is 0 Å². The van der Waals surface area contributed by atoms with Gasteiger partial charge in [-0.1, -0.05) is 0 Å². The molecule has 0 aliphatic heterocycles. The van der Waals surface area contributed by atoms with Crippen LogP contribution in [0, 0.1) is 5.82 Å². The van der Waals surface area contributed by atoms with Gasteiger partial charge in [0.1, 0.15) is 23.0 Å². The summed E-state index contributed by atoms with van der Waals surface area (Å²) in [4.78, 5) is 14.8. The summed E-state index contributed by atoms with van der Waals surface area (Å²) in [7, 11) is 0. The van der Waals surface area contributed by atoms with Crippen LogP contribution in [0.3, 0.4) is 0 Å². The normalized spacial score (nSPS) is 12.1. The third-order valence-corrected chi connectivity index (χ3v) is 2.87. The van der Waals surface area contributed by atoms with Crippen molar-refractivity contribution >= 4 is 11.8 Å². The van der Waals surface area contributed by atoms with Gasteiger partial charge in [-0.15, -0.1) is 0 Å². The SMILES string of the molecule is CC(CCc1ccco1)Nc1ncc(F)cc1C(=O)O. The van der Waals surface area contributed by atoms with E-state index < -0.39 is 11.8 Å². The molecule has 5 nitrogen and oxygen atoms in total. The lowest BCUT2D eigenvalue weighted by molar-refractivity contribution is 0.0697. The Bertz CT molecular complexity index is 584. The van der Waals surface area contributed by atoms with Crippen molar-refractivity contribution in [2.24, 2.45) is 0 Å². The monoisotopic (exact) mass is 278 g/mol. The third kappa shape index (κ3) is 3.57. The summed E-state index contributed by atoms with van der Waals surface area (Å²) in [6, 6.07) is 4.64. The van der Waals surface area contributed by atoms with Crippen molar-refractivity contribution in [3.8, 4) is 0 Å². The second-order valence-corrected chi connectivity index (χ2v) is 4.52. The molecule has 1 unspecified atom stereocenters. The minimum absolute atomic E-state index is 0.0174. The number of aromatic carboxylic acids is 1. The molecule has 0 fully saturated rings. The summed E-state index contributed by atoms with van der Waals surface area (Å²) >= 11 is 0. The van der Waals surface area contributed by atoms with Gasteiger partial charge in [0.05, 0.1) is 12.5 Å². The molecular weight excluding hydrogens is 263 g/mol. The Morgan fingerprint density at radius 2 is 2.40 bits per heavy atom. The van der Waals surface area contributed by atoms with Gasteiger partial charge in [0.2, 0.25) is 0 Å². The zero-order chi connectivity index (χ0) is 14.5. The van der Waals surface area contributed by atoms with Crippen LogP contribution < -0.4 is 5.32 Å². The molecule has 6 heteroatoms. The number of hydrogen-bond donors (Lipinski definition) is 2. The smallest absolute Gasteiger partial charge is 0.339 e. The third-order valence-electron chi connectivity index (χ3n) is 2.87. The molecule has 20 heavy (non-hydrogen) atoms. The van der Waals surface area contributed by atoms with Crippen molar-refractivity contribution in [1.82, 2.24) is 4.98 Å². The quantitative estimate of drug-likeness (QED) is 0.849. The van der Waals surface area contributed by atoms with E-state index in [0.29, 0.717) is 0 Å². The van der Waals surface area contributed by atoms with Crippen LogP contribution in [-0.2, 0) is 6.42 Å². The first-order chi connectivity index (χ1) is 9.56. The van der Waals surface area contributed by atoms with Crippen LogP contribution in [0.25, 0.3) is 0 Å². The van der Waals surface area contributed by atoms with Crippen LogP contribution in [0.15, 0.2) is 35.1 Å². The number of halogens is 1. The largest absolute Gasteiger partial charge is 0.478 e. The van der Waals surface area contributed by atoms with E-state index in [1.165, 1.54) is 0 Å². The second-order valence-electron chi connectivity index (χ2n) is 4.52. The number of carboxylic acid groups (broad SMARTS) is 1. The number of aryl methyl sites for hydroxylation is 1. The molecule has 1 atom stereocenters. The van der Waals surface area contributed by atoms with Crippen LogP contribution in [0.5, 0.6) is 0 Å². The summed E-state index contributed by atoms with van der Waals surface area (Å²) in [5.41, 5.74) is -0.171. The molecule has 0 radical (unpaired) electrons. The Kier molecular flexibility index (Phi) is 4.34. The Morgan fingerprint density at radius 1 is 1.60 bits per heavy atom. The Balaban J connectivity index is 2.00. The van der Waals surface area contributed by atoms with E-state index in [2.05, 4.69) is 10.3 Å². The average Bonchev–Trinajstić information content (AvgIpc) is 2.91. The van der Waals surface area contributed by atoms with Gasteiger partial charge in [0, 0.05) is 12.5 Å². The van der Waals surface area contributed by atoms with E-state index in [4.69, 9.17) is 9.52 Å². The molecule has 2 aromatic heterocycles. The first kappa shape index (κ1) is 14.0. The van der Waals surface area contributed by atoms with E-state index in [0.717, 1.165) is 30.9 Å². The maximum absolute atomic E-state index is 13.0. The zero-order valence-electron chi connectivity index (χ0n) is 11.0. The number of carbonyl (C=O) groups is 1. The number of furan rings is 1. The summed E-state index contributed by atoms with van der Waals surface area (Å²) < 4.78 is 18.2. The van der Waals surface area contributed by atoms with Gasteiger partial charge in [-0.05, 0) is 31.5 Å². The number of hydrogen-bond acceptors (Lipinski definition) is 4. The molecule has 0 spiro atoms. The highest BCUT2D eigenvalue weighted by molar-refractivity contribution is 5.93. The average molecular weight is 278 g/mol. The topological polar surface area (TPSA) is 75.4 Å². The van der Waals surface area contributed by atoms with Crippen LogP contribution in [0.2, 0.25) is 0 Å². The van der Waals surface area contributed by atoms with E-state index in [1.807, 2.05) is 19.1 Å². The Morgan fingerprint density at radius 3 is 3.05 bits per heavy atom. The molecule has 0 bridgehead atoms. The van der Waals surface area contributed by atoms with E-state index >= 15 is 0 Å². The highest BCUT2D eigenvalue weighted by atomic mass is 19.1. The van der Waals surface area contributed by atoms with E-state index in [-0.39, 0.29) is 17.4 Å². The van der Waals surface area contributed by atoms with Gasteiger partial charge in [-0.3, -0.25) is 0 Å². The summed E-state index contributed by atoms with van der Waals surface area (Å²) in [5, 5.41) is 12.0. The molecule has 2 heterocycles.